The number of amides is 1. The smallest absolute Gasteiger partial charge is 0.411 e. The molecule has 0 aliphatic carbocycles. The van der Waals surface area contributed by atoms with Crippen molar-refractivity contribution in [2.24, 2.45) is 5.92 Å². The highest BCUT2D eigenvalue weighted by atomic mass is 32.2. The first-order valence-corrected chi connectivity index (χ1v) is 6.18. The Morgan fingerprint density at radius 2 is 2.19 bits per heavy atom. The number of nitrogens with zero attached hydrogens (tertiary/aromatic N) is 1. The summed E-state index contributed by atoms with van der Waals surface area (Å²) in [5.74, 6) is -0.133. The number of hydrogen-bond acceptors (Lipinski definition) is 4. The summed E-state index contributed by atoms with van der Waals surface area (Å²) in [4.78, 5) is 22.9. The van der Waals surface area contributed by atoms with Crippen molar-refractivity contribution >= 4 is 23.8 Å². The van der Waals surface area contributed by atoms with Crippen LogP contribution in [0.5, 0.6) is 0 Å². The third kappa shape index (κ3) is 2.61. The van der Waals surface area contributed by atoms with Crippen LogP contribution in [-0.4, -0.2) is 45.8 Å². The zero-order chi connectivity index (χ0) is 12.3. The molecule has 1 unspecified atom stereocenters. The van der Waals surface area contributed by atoms with E-state index in [0.717, 1.165) is 0 Å². The van der Waals surface area contributed by atoms with Crippen molar-refractivity contribution in [3.8, 4) is 0 Å². The van der Waals surface area contributed by atoms with E-state index in [4.69, 9.17) is 9.84 Å². The SMILES string of the molecule is CC(C)COC(=O)N1CCSC1(C)C(=O)O. The molecule has 0 aromatic carbocycles. The van der Waals surface area contributed by atoms with E-state index in [-0.39, 0.29) is 5.92 Å². The quantitative estimate of drug-likeness (QED) is 0.821. The minimum atomic E-state index is -1.19. The summed E-state index contributed by atoms with van der Waals surface area (Å²) in [5, 5.41) is 9.10. The summed E-state index contributed by atoms with van der Waals surface area (Å²) in [6.07, 6.45) is -0.538. The van der Waals surface area contributed by atoms with Gasteiger partial charge in [-0.3, -0.25) is 4.90 Å². The Morgan fingerprint density at radius 3 is 2.69 bits per heavy atom. The normalized spacial score (nSPS) is 24.9. The van der Waals surface area contributed by atoms with Crippen molar-refractivity contribution in [2.45, 2.75) is 25.6 Å². The first-order chi connectivity index (χ1) is 7.38. The van der Waals surface area contributed by atoms with Crippen LogP contribution >= 0.6 is 11.8 Å². The molecule has 1 aliphatic rings. The van der Waals surface area contributed by atoms with Gasteiger partial charge < -0.3 is 9.84 Å². The van der Waals surface area contributed by atoms with Gasteiger partial charge >= 0.3 is 12.1 Å². The Morgan fingerprint density at radius 1 is 1.56 bits per heavy atom. The van der Waals surface area contributed by atoms with E-state index in [2.05, 4.69) is 0 Å². The molecule has 0 saturated carbocycles. The van der Waals surface area contributed by atoms with Crippen LogP contribution in [0.3, 0.4) is 0 Å². The fourth-order valence-corrected chi connectivity index (χ4v) is 2.50. The van der Waals surface area contributed by atoms with Crippen LogP contribution in [-0.2, 0) is 9.53 Å². The number of carboxylic acid groups (broad SMARTS) is 1. The second-order valence-corrected chi connectivity index (χ2v) is 5.75. The molecule has 0 aromatic heterocycles. The maximum Gasteiger partial charge on any atom is 0.411 e. The van der Waals surface area contributed by atoms with Crippen LogP contribution in [0.25, 0.3) is 0 Å². The van der Waals surface area contributed by atoms with E-state index in [0.29, 0.717) is 18.9 Å². The molecule has 0 spiro atoms. The number of carbonyl (C=O) groups excluding carboxylic acids is 1. The van der Waals surface area contributed by atoms with E-state index in [1.54, 1.807) is 0 Å². The predicted octanol–water partition coefficient (Wildman–Crippen LogP) is 1.63. The highest BCUT2D eigenvalue weighted by Crippen LogP contribution is 2.36. The van der Waals surface area contributed by atoms with E-state index >= 15 is 0 Å². The number of carbonyl (C=O) groups is 2. The van der Waals surface area contributed by atoms with Gasteiger partial charge in [-0.25, -0.2) is 9.59 Å². The number of aliphatic carboxylic acids is 1. The molecule has 1 amide bonds. The number of carboxylic acids is 1. The predicted molar refractivity (Wildman–Crippen MR) is 61.4 cm³/mol. The Labute approximate surface area is 99.1 Å². The van der Waals surface area contributed by atoms with Gasteiger partial charge in [0.15, 0.2) is 4.87 Å². The lowest BCUT2D eigenvalue weighted by Crippen LogP contribution is -2.49. The van der Waals surface area contributed by atoms with Crippen LogP contribution in [0.2, 0.25) is 0 Å². The molecule has 1 aliphatic heterocycles. The average molecular weight is 247 g/mol. The molecule has 0 radical (unpaired) electrons. The van der Waals surface area contributed by atoms with Gasteiger partial charge in [-0.1, -0.05) is 13.8 Å². The largest absolute Gasteiger partial charge is 0.479 e. The van der Waals surface area contributed by atoms with Crippen molar-refractivity contribution in [3.05, 3.63) is 0 Å². The second kappa shape index (κ2) is 4.95. The van der Waals surface area contributed by atoms with Crippen molar-refractivity contribution in [1.29, 1.82) is 0 Å². The molecular weight excluding hydrogens is 230 g/mol. The highest BCUT2D eigenvalue weighted by Gasteiger charge is 2.47. The van der Waals surface area contributed by atoms with Crippen LogP contribution in [0.1, 0.15) is 20.8 Å². The molecule has 0 bridgehead atoms. The summed E-state index contributed by atoms with van der Waals surface area (Å²) < 4.78 is 5.04. The molecule has 6 heteroatoms. The summed E-state index contributed by atoms with van der Waals surface area (Å²) in [5.41, 5.74) is 0. The molecule has 1 heterocycles. The summed E-state index contributed by atoms with van der Waals surface area (Å²) in [7, 11) is 0. The van der Waals surface area contributed by atoms with Crippen molar-refractivity contribution in [3.63, 3.8) is 0 Å². The second-order valence-electron chi connectivity index (χ2n) is 4.26. The first-order valence-electron chi connectivity index (χ1n) is 5.19. The molecule has 0 aromatic rings. The van der Waals surface area contributed by atoms with Crippen LogP contribution in [0.4, 0.5) is 4.79 Å². The van der Waals surface area contributed by atoms with Crippen LogP contribution in [0, 0.1) is 5.92 Å². The third-order valence-corrected chi connectivity index (χ3v) is 3.71. The maximum atomic E-state index is 11.7. The number of rotatable bonds is 3. The van der Waals surface area contributed by atoms with Gasteiger partial charge in [0, 0.05) is 12.3 Å². The zero-order valence-corrected chi connectivity index (χ0v) is 10.5. The molecule has 92 valence electrons. The Hall–Kier alpha value is -0.910. The Bertz CT molecular complexity index is 295. The lowest BCUT2D eigenvalue weighted by molar-refractivity contribution is -0.143. The van der Waals surface area contributed by atoms with Crippen molar-refractivity contribution in [2.75, 3.05) is 18.9 Å². The lowest BCUT2D eigenvalue weighted by Gasteiger charge is -2.29. The third-order valence-electron chi connectivity index (χ3n) is 2.37. The van der Waals surface area contributed by atoms with Gasteiger partial charge in [-0.15, -0.1) is 11.8 Å². The summed E-state index contributed by atoms with van der Waals surface area (Å²) in [6.45, 7) is 6.13. The molecular formula is C10H17NO4S. The molecule has 16 heavy (non-hydrogen) atoms. The lowest BCUT2D eigenvalue weighted by atomic mass is 10.2. The van der Waals surface area contributed by atoms with E-state index in [1.165, 1.54) is 23.6 Å². The minimum absolute atomic E-state index is 0.246. The Balaban J connectivity index is 2.65. The van der Waals surface area contributed by atoms with Gasteiger partial charge in [-0.05, 0) is 12.8 Å². The fraction of sp³-hybridized carbons (Fsp3) is 0.800. The van der Waals surface area contributed by atoms with Crippen LogP contribution in [0.15, 0.2) is 0 Å². The van der Waals surface area contributed by atoms with Gasteiger partial charge in [0.25, 0.3) is 0 Å². The zero-order valence-electron chi connectivity index (χ0n) is 9.73. The van der Waals surface area contributed by atoms with Crippen LogP contribution < -0.4 is 0 Å². The maximum absolute atomic E-state index is 11.7. The topological polar surface area (TPSA) is 66.8 Å². The first kappa shape index (κ1) is 13.2. The number of ether oxygens (including phenoxy) is 1. The van der Waals surface area contributed by atoms with E-state index in [1.807, 2.05) is 13.8 Å². The molecule has 1 fully saturated rings. The van der Waals surface area contributed by atoms with Gasteiger partial charge in [-0.2, -0.15) is 0 Å². The minimum Gasteiger partial charge on any atom is -0.479 e. The fourth-order valence-electron chi connectivity index (χ4n) is 1.39. The number of thioether (sulfide) groups is 1. The average Bonchev–Trinajstić information content (AvgIpc) is 2.58. The van der Waals surface area contributed by atoms with E-state index < -0.39 is 16.9 Å². The van der Waals surface area contributed by atoms with Crippen molar-refractivity contribution < 1.29 is 19.4 Å². The van der Waals surface area contributed by atoms with Gasteiger partial charge in [0.2, 0.25) is 0 Å². The molecule has 1 N–H and O–H groups in total. The van der Waals surface area contributed by atoms with Gasteiger partial charge in [0.1, 0.15) is 0 Å². The summed E-state index contributed by atoms with van der Waals surface area (Å²) in [6, 6.07) is 0. The summed E-state index contributed by atoms with van der Waals surface area (Å²) >= 11 is 1.25. The Kier molecular flexibility index (Phi) is 4.07. The van der Waals surface area contributed by atoms with Crippen molar-refractivity contribution in [1.82, 2.24) is 4.90 Å². The van der Waals surface area contributed by atoms with Gasteiger partial charge in [0.05, 0.1) is 6.61 Å². The monoisotopic (exact) mass is 247 g/mol. The molecule has 1 rings (SSSR count). The highest BCUT2D eigenvalue weighted by molar-refractivity contribution is 8.01. The standard InChI is InChI=1S/C10H17NO4S/c1-7(2)6-15-9(14)11-4-5-16-10(11,3)8(12)13/h7H,4-6H2,1-3H3,(H,12,13). The molecule has 1 atom stereocenters. The number of hydrogen-bond donors (Lipinski definition) is 1. The van der Waals surface area contributed by atoms with E-state index in [9.17, 15) is 9.59 Å². The molecule has 5 nitrogen and oxygen atoms in total. The molecule has 1 saturated heterocycles.